The maximum absolute atomic E-state index is 11.8. The molecule has 7 heteroatoms. The fourth-order valence-corrected chi connectivity index (χ4v) is 2.79. The lowest BCUT2D eigenvalue weighted by Gasteiger charge is -2.19. The van der Waals surface area contributed by atoms with Gasteiger partial charge in [0.1, 0.15) is 9.84 Å². The van der Waals surface area contributed by atoms with Gasteiger partial charge in [-0.1, -0.05) is 45.0 Å². The maximum Gasteiger partial charge on any atom is 0.236 e. The molecule has 138 valence electrons. The summed E-state index contributed by atoms with van der Waals surface area (Å²) in [5, 5.41) is 2.75. The van der Waals surface area contributed by atoms with Crippen LogP contribution in [0.15, 0.2) is 24.3 Å². The third kappa shape index (κ3) is 8.66. The Labute approximate surface area is 151 Å². The summed E-state index contributed by atoms with van der Waals surface area (Å²) in [6.07, 6.45) is 2.00. The molecule has 0 radical (unpaired) electrons. The van der Waals surface area contributed by atoms with Crippen LogP contribution in [0.1, 0.15) is 38.3 Å². The van der Waals surface area contributed by atoms with Gasteiger partial charge in [-0.15, -0.1) is 12.4 Å². The molecule has 3 N–H and O–H groups in total. The first-order valence-corrected chi connectivity index (χ1v) is 9.85. The Morgan fingerprint density at radius 2 is 1.75 bits per heavy atom. The summed E-state index contributed by atoms with van der Waals surface area (Å²) < 4.78 is 22.1. The highest BCUT2D eigenvalue weighted by Gasteiger charge is 2.16. The Kier molecular flexibility index (Phi) is 8.96. The van der Waals surface area contributed by atoms with Crippen molar-refractivity contribution in [1.29, 1.82) is 0 Å². The molecular formula is C17H29ClN2O3S. The average molecular weight is 377 g/mol. The molecule has 0 aromatic heterocycles. The van der Waals surface area contributed by atoms with Gasteiger partial charge in [-0.2, -0.15) is 0 Å². The van der Waals surface area contributed by atoms with Gasteiger partial charge in [0.2, 0.25) is 5.91 Å². The van der Waals surface area contributed by atoms with Crippen LogP contribution in [0.3, 0.4) is 0 Å². The van der Waals surface area contributed by atoms with Crippen LogP contribution in [0, 0.1) is 0 Å². The highest BCUT2D eigenvalue weighted by Crippen LogP contribution is 2.22. The van der Waals surface area contributed by atoms with Crippen molar-refractivity contribution in [2.75, 3.05) is 18.6 Å². The smallest absolute Gasteiger partial charge is 0.236 e. The summed E-state index contributed by atoms with van der Waals surface area (Å²) in [6.45, 7) is 6.99. The molecule has 1 unspecified atom stereocenters. The highest BCUT2D eigenvalue weighted by molar-refractivity contribution is 7.90. The van der Waals surface area contributed by atoms with Gasteiger partial charge in [0.25, 0.3) is 0 Å². The van der Waals surface area contributed by atoms with Gasteiger partial charge in [-0.3, -0.25) is 4.79 Å². The van der Waals surface area contributed by atoms with E-state index >= 15 is 0 Å². The van der Waals surface area contributed by atoms with Gasteiger partial charge in [0.15, 0.2) is 0 Å². The number of amides is 1. The van der Waals surface area contributed by atoms with Crippen molar-refractivity contribution in [3.05, 3.63) is 35.4 Å². The quantitative estimate of drug-likeness (QED) is 0.759. The zero-order chi connectivity index (χ0) is 17.7. The lowest BCUT2D eigenvalue weighted by atomic mass is 9.86. The SMILES string of the molecule is CC(C)(C)c1ccc(CCNC(=O)C(N)CCS(C)(=O)=O)cc1.Cl. The molecular weight excluding hydrogens is 348 g/mol. The number of hydrogen-bond acceptors (Lipinski definition) is 4. The molecule has 0 saturated carbocycles. The van der Waals surface area contributed by atoms with E-state index in [-0.39, 0.29) is 35.9 Å². The second-order valence-corrected chi connectivity index (χ2v) is 9.27. The normalized spacial score (nSPS) is 13.0. The van der Waals surface area contributed by atoms with E-state index in [0.717, 1.165) is 18.2 Å². The van der Waals surface area contributed by atoms with E-state index in [1.807, 2.05) is 0 Å². The number of nitrogens with one attached hydrogen (secondary N) is 1. The van der Waals surface area contributed by atoms with Crippen molar-refractivity contribution in [1.82, 2.24) is 5.32 Å². The summed E-state index contributed by atoms with van der Waals surface area (Å²) in [6, 6.07) is 7.56. The second-order valence-electron chi connectivity index (χ2n) is 7.01. The number of rotatable bonds is 7. The molecule has 0 spiro atoms. The van der Waals surface area contributed by atoms with E-state index < -0.39 is 15.9 Å². The van der Waals surface area contributed by atoms with Crippen molar-refractivity contribution >= 4 is 28.2 Å². The summed E-state index contributed by atoms with van der Waals surface area (Å²) in [4.78, 5) is 11.8. The molecule has 1 aromatic carbocycles. The fraction of sp³-hybridized carbons (Fsp3) is 0.588. The first-order valence-electron chi connectivity index (χ1n) is 7.79. The average Bonchev–Trinajstić information content (AvgIpc) is 2.43. The molecule has 0 aliphatic rings. The zero-order valence-corrected chi connectivity index (χ0v) is 16.5. The third-order valence-corrected chi connectivity index (χ3v) is 4.65. The van der Waals surface area contributed by atoms with Crippen molar-refractivity contribution < 1.29 is 13.2 Å². The van der Waals surface area contributed by atoms with Gasteiger partial charge in [-0.05, 0) is 29.4 Å². The summed E-state index contributed by atoms with van der Waals surface area (Å²) in [5.41, 5.74) is 8.23. The van der Waals surface area contributed by atoms with E-state index in [4.69, 9.17) is 5.73 Å². The highest BCUT2D eigenvalue weighted by atomic mass is 35.5. The number of sulfone groups is 1. The maximum atomic E-state index is 11.8. The van der Waals surface area contributed by atoms with E-state index in [1.165, 1.54) is 5.56 Å². The number of benzene rings is 1. The van der Waals surface area contributed by atoms with Crippen LogP contribution in [0.2, 0.25) is 0 Å². The van der Waals surface area contributed by atoms with Crippen LogP contribution in [0.4, 0.5) is 0 Å². The minimum Gasteiger partial charge on any atom is -0.354 e. The predicted molar refractivity (Wildman–Crippen MR) is 101 cm³/mol. The fourth-order valence-electron chi connectivity index (χ4n) is 2.10. The molecule has 5 nitrogen and oxygen atoms in total. The van der Waals surface area contributed by atoms with Crippen LogP contribution in [0.5, 0.6) is 0 Å². The van der Waals surface area contributed by atoms with E-state index in [9.17, 15) is 13.2 Å². The van der Waals surface area contributed by atoms with Gasteiger partial charge in [0.05, 0.1) is 11.8 Å². The van der Waals surface area contributed by atoms with Crippen LogP contribution in [-0.4, -0.2) is 38.9 Å². The number of halogens is 1. The minimum atomic E-state index is -3.09. The Hall–Kier alpha value is -1.11. The summed E-state index contributed by atoms with van der Waals surface area (Å²) >= 11 is 0. The van der Waals surface area contributed by atoms with E-state index in [2.05, 4.69) is 50.4 Å². The zero-order valence-electron chi connectivity index (χ0n) is 14.8. The molecule has 24 heavy (non-hydrogen) atoms. The summed E-state index contributed by atoms with van der Waals surface area (Å²) in [5.74, 6) is -0.379. The molecule has 1 rings (SSSR count). The van der Waals surface area contributed by atoms with Crippen molar-refractivity contribution in [2.45, 2.75) is 45.1 Å². The molecule has 1 aromatic rings. The van der Waals surface area contributed by atoms with E-state index in [0.29, 0.717) is 6.54 Å². The Morgan fingerprint density at radius 1 is 1.21 bits per heavy atom. The van der Waals surface area contributed by atoms with Crippen molar-refractivity contribution in [3.8, 4) is 0 Å². The van der Waals surface area contributed by atoms with Gasteiger partial charge < -0.3 is 11.1 Å². The predicted octanol–water partition coefficient (Wildman–Crippen LogP) is 1.83. The van der Waals surface area contributed by atoms with Crippen LogP contribution < -0.4 is 11.1 Å². The monoisotopic (exact) mass is 376 g/mol. The molecule has 0 aliphatic heterocycles. The number of nitrogens with two attached hydrogens (primary N) is 1. The van der Waals surface area contributed by atoms with Crippen molar-refractivity contribution in [3.63, 3.8) is 0 Å². The van der Waals surface area contributed by atoms with Crippen LogP contribution >= 0.6 is 12.4 Å². The topological polar surface area (TPSA) is 89.3 Å². The molecule has 0 bridgehead atoms. The van der Waals surface area contributed by atoms with Gasteiger partial charge >= 0.3 is 0 Å². The lowest BCUT2D eigenvalue weighted by molar-refractivity contribution is -0.122. The summed E-state index contributed by atoms with van der Waals surface area (Å²) in [7, 11) is -3.09. The first-order chi connectivity index (χ1) is 10.5. The molecule has 0 aliphatic carbocycles. The number of carbonyl (C=O) groups excluding carboxylic acids is 1. The third-order valence-electron chi connectivity index (χ3n) is 3.67. The van der Waals surface area contributed by atoms with Gasteiger partial charge in [0, 0.05) is 12.8 Å². The Bertz CT molecular complexity index is 622. The molecule has 0 heterocycles. The number of hydrogen-bond donors (Lipinski definition) is 2. The van der Waals surface area contributed by atoms with Crippen LogP contribution in [0.25, 0.3) is 0 Å². The lowest BCUT2D eigenvalue weighted by Crippen LogP contribution is -2.42. The molecule has 0 saturated heterocycles. The van der Waals surface area contributed by atoms with Gasteiger partial charge in [-0.25, -0.2) is 8.42 Å². The van der Waals surface area contributed by atoms with E-state index in [1.54, 1.807) is 0 Å². The standard InChI is InChI=1S/C17H28N2O3S.ClH/c1-17(2,3)14-7-5-13(6-8-14)9-11-19-16(20)15(18)10-12-23(4,21)22;/h5-8,15H,9-12,18H2,1-4H3,(H,19,20);1H. The molecule has 1 amide bonds. The molecule has 1 atom stereocenters. The molecule has 0 fully saturated rings. The second kappa shape index (κ2) is 9.39. The minimum absolute atomic E-state index is 0. The Balaban J connectivity index is 0.00000529. The number of carbonyl (C=O) groups is 1. The first kappa shape index (κ1) is 22.9. The van der Waals surface area contributed by atoms with Crippen molar-refractivity contribution in [2.24, 2.45) is 5.73 Å². The Morgan fingerprint density at radius 3 is 2.21 bits per heavy atom. The largest absolute Gasteiger partial charge is 0.354 e. The van der Waals surface area contributed by atoms with Crippen LogP contribution in [-0.2, 0) is 26.5 Å².